The van der Waals surface area contributed by atoms with Crippen LogP contribution in [0.3, 0.4) is 0 Å². The Bertz CT molecular complexity index is 360. The summed E-state index contributed by atoms with van der Waals surface area (Å²) in [6.07, 6.45) is 10.3. The normalized spacial score (nSPS) is 12.3. The average molecular weight is 326 g/mol. The number of hydrogen-bond donors (Lipinski definition) is 1. The number of nitrogens with one attached hydrogen (secondary N) is 1. The van der Waals surface area contributed by atoms with Crippen molar-refractivity contribution in [3.8, 4) is 0 Å². The molecule has 6 heteroatoms. The van der Waals surface area contributed by atoms with Crippen molar-refractivity contribution in [2.24, 2.45) is 5.11 Å². The molecule has 0 aliphatic rings. The van der Waals surface area contributed by atoms with E-state index in [1.54, 1.807) is 0 Å². The quantitative estimate of drug-likeness (QED) is 0.215. The molecule has 1 atom stereocenters. The van der Waals surface area contributed by atoms with Crippen molar-refractivity contribution in [1.82, 2.24) is 5.32 Å². The zero-order valence-corrected chi connectivity index (χ0v) is 15.3. The van der Waals surface area contributed by atoms with Crippen molar-refractivity contribution < 1.29 is 9.53 Å². The van der Waals surface area contributed by atoms with Gasteiger partial charge in [-0.2, -0.15) is 0 Å². The maximum atomic E-state index is 11.8. The number of nitrogens with zero attached hydrogens (tertiary/aromatic N) is 3. The first-order valence-corrected chi connectivity index (χ1v) is 8.89. The number of hydrogen-bond acceptors (Lipinski definition) is 3. The highest BCUT2D eigenvalue weighted by atomic mass is 16.6. The SMILES string of the molecule is CCCCCCCCCCC(CN=[N+]=[N-])NC(=O)OC(C)(C)C. The molecule has 1 N–H and O–H groups in total. The van der Waals surface area contributed by atoms with E-state index >= 15 is 0 Å². The molecule has 134 valence electrons. The first kappa shape index (κ1) is 21.6. The lowest BCUT2D eigenvalue weighted by atomic mass is 10.0. The summed E-state index contributed by atoms with van der Waals surface area (Å²) in [4.78, 5) is 14.6. The summed E-state index contributed by atoms with van der Waals surface area (Å²) in [6, 6.07) is -0.152. The van der Waals surface area contributed by atoms with Crippen molar-refractivity contribution in [3.05, 3.63) is 10.4 Å². The molecule has 0 saturated heterocycles. The fraction of sp³-hybridized carbons (Fsp3) is 0.941. The topological polar surface area (TPSA) is 87.1 Å². The Kier molecular flexibility index (Phi) is 12.3. The van der Waals surface area contributed by atoms with Gasteiger partial charge in [0.1, 0.15) is 5.60 Å². The number of ether oxygens (including phenoxy) is 1. The van der Waals surface area contributed by atoms with Crippen LogP contribution in [0.15, 0.2) is 5.11 Å². The number of unbranched alkanes of at least 4 members (excludes halogenated alkanes) is 7. The number of alkyl carbamates (subject to hydrolysis) is 1. The number of azide groups is 1. The first-order valence-electron chi connectivity index (χ1n) is 8.89. The number of carbonyl (C=O) groups excluding carboxylic acids is 1. The van der Waals surface area contributed by atoms with Crippen molar-refractivity contribution >= 4 is 6.09 Å². The number of carbonyl (C=O) groups is 1. The second-order valence-corrected chi connectivity index (χ2v) is 7.02. The third kappa shape index (κ3) is 15.3. The zero-order valence-electron chi connectivity index (χ0n) is 15.3. The Labute approximate surface area is 141 Å². The van der Waals surface area contributed by atoms with Gasteiger partial charge in [0.2, 0.25) is 0 Å². The summed E-state index contributed by atoms with van der Waals surface area (Å²) in [5, 5.41) is 6.38. The lowest BCUT2D eigenvalue weighted by Gasteiger charge is -2.23. The summed E-state index contributed by atoms with van der Waals surface area (Å²) in [5.41, 5.74) is 7.94. The van der Waals surface area contributed by atoms with E-state index in [9.17, 15) is 4.79 Å². The van der Waals surface area contributed by atoms with E-state index < -0.39 is 11.7 Å². The van der Waals surface area contributed by atoms with Crippen molar-refractivity contribution in [3.63, 3.8) is 0 Å². The van der Waals surface area contributed by atoms with Crippen LogP contribution in [0.4, 0.5) is 4.79 Å². The predicted octanol–water partition coefficient (Wildman–Crippen LogP) is 5.72. The lowest BCUT2D eigenvalue weighted by molar-refractivity contribution is 0.0503. The second-order valence-electron chi connectivity index (χ2n) is 7.02. The summed E-state index contributed by atoms with van der Waals surface area (Å²) in [6.45, 7) is 7.97. The summed E-state index contributed by atoms with van der Waals surface area (Å²) in [5.74, 6) is 0. The fourth-order valence-corrected chi connectivity index (χ4v) is 2.34. The van der Waals surface area contributed by atoms with E-state index in [0.717, 1.165) is 19.3 Å². The van der Waals surface area contributed by atoms with Gasteiger partial charge in [0.15, 0.2) is 0 Å². The molecule has 0 saturated carbocycles. The van der Waals surface area contributed by atoms with Crippen LogP contribution < -0.4 is 5.32 Å². The van der Waals surface area contributed by atoms with Crippen molar-refractivity contribution in [2.75, 3.05) is 6.54 Å². The van der Waals surface area contributed by atoms with Crippen LogP contribution in [0.2, 0.25) is 0 Å². The van der Waals surface area contributed by atoms with Gasteiger partial charge in [0.05, 0.1) is 0 Å². The van der Waals surface area contributed by atoms with Gasteiger partial charge < -0.3 is 10.1 Å². The molecule has 0 aromatic carbocycles. The van der Waals surface area contributed by atoms with Crippen LogP contribution in [0.25, 0.3) is 10.4 Å². The second kappa shape index (κ2) is 13.1. The van der Waals surface area contributed by atoms with E-state index in [1.165, 1.54) is 38.5 Å². The molecule has 0 heterocycles. The Morgan fingerprint density at radius 3 is 2.22 bits per heavy atom. The third-order valence-corrected chi connectivity index (χ3v) is 3.49. The van der Waals surface area contributed by atoms with Crippen molar-refractivity contribution in [1.29, 1.82) is 0 Å². The smallest absolute Gasteiger partial charge is 0.407 e. The monoisotopic (exact) mass is 326 g/mol. The van der Waals surface area contributed by atoms with Gasteiger partial charge in [0.25, 0.3) is 0 Å². The molecule has 0 radical (unpaired) electrons. The maximum absolute atomic E-state index is 11.8. The summed E-state index contributed by atoms with van der Waals surface area (Å²) >= 11 is 0. The minimum absolute atomic E-state index is 0.152. The van der Waals surface area contributed by atoms with Crippen LogP contribution in [-0.2, 0) is 4.74 Å². The van der Waals surface area contributed by atoms with E-state index in [2.05, 4.69) is 22.3 Å². The van der Waals surface area contributed by atoms with E-state index in [4.69, 9.17) is 10.3 Å². The predicted molar refractivity (Wildman–Crippen MR) is 94.4 cm³/mol. The highest BCUT2D eigenvalue weighted by Crippen LogP contribution is 2.12. The molecule has 1 amide bonds. The Balaban J connectivity index is 3.96. The Hall–Kier alpha value is -1.42. The highest BCUT2D eigenvalue weighted by molar-refractivity contribution is 5.68. The molecule has 0 aliphatic heterocycles. The first-order chi connectivity index (χ1) is 10.9. The molecule has 1 unspecified atom stereocenters. The molecule has 0 rings (SSSR count). The number of rotatable bonds is 12. The van der Waals surface area contributed by atoms with Crippen molar-refractivity contribution in [2.45, 2.75) is 97.1 Å². The average Bonchev–Trinajstić information content (AvgIpc) is 2.45. The highest BCUT2D eigenvalue weighted by Gasteiger charge is 2.18. The summed E-state index contributed by atoms with van der Waals surface area (Å²) < 4.78 is 5.25. The molecular weight excluding hydrogens is 292 g/mol. The third-order valence-electron chi connectivity index (χ3n) is 3.49. The minimum Gasteiger partial charge on any atom is -0.444 e. The zero-order chi connectivity index (χ0) is 17.6. The van der Waals surface area contributed by atoms with Crippen LogP contribution >= 0.6 is 0 Å². The molecule has 0 fully saturated rings. The van der Waals surface area contributed by atoms with Gasteiger partial charge in [-0.25, -0.2) is 4.79 Å². The molecule has 23 heavy (non-hydrogen) atoms. The molecule has 0 spiro atoms. The Morgan fingerprint density at radius 2 is 1.70 bits per heavy atom. The van der Waals surface area contributed by atoms with Crippen LogP contribution in [0.5, 0.6) is 0 Å². The van der Waals surface area contributed by atoms with E-state index in [1.807, 2.05) is 20.8 Å². The van der Waals surface area contributed by atoms with Crippen LogP contribution in [-0.4, -0.2) is 24.3 Å². The molecular formula is C17H34N4O2. The van der Waals surface area contributed by atoms with Gasteiger partial charge in [-0.05, 0) is 32.7 Å². The fourth-order valence-electron chi connectivity index (χ4n) is 2.34. The molecule has 0 aromatic heterocycles. The molecule has 0 bridgehead atoms. The van der Waals surface area contributed by atoms with Gasteiger partial charge in [-0.15, -0.1) is 0 Å². The van der Waals surface area contributed by atoms with Gasteiger partial charge in [-0.1, -0.05) is 63.4 Å². The van der Waals surface area contributed by atoms with Gasteiger partial charge >= 0.3 is 6.09 Å². The Morgan fingerprint density at radius 1 is 1.13 bits per heavy atom. The molecule has 0 aliphatic carbocycles. The maximum Gasteiger partial charge on any atom is 0.407 e. The van der Waals surface area contributed by atoms with Gasteiger partial charge in [-0.3, -0.25) is 0 Å². The standard InChI is InChI=1S/C17H34N4O2/c1-5-6-7-8-9-10-11-12-13-15(14-19-21-18)20-16(22)23-17(2,3)4/h15H,5-14H2,1-4H3,(H,20,22). The lowest BCUT2D eigenvalue weighted by Crippen LogP contribution is -2.40. The van der Waals surface area contributed by atoms with Crippen LogP contribution in [0.1, 0.15) is 85.5 Å². The summed E-state index contributed by atoms with van der Waals surface area (Å²) in [7, 11) is 0. The molecule has 6 nitrogen and oxygen atoms in total. The number of amides is 1. The minimum atomic E-state index is -0.522. The largest absolute Gasteiger partial charge is 0.444 e. The molecule has 0 aromatic rings. The van der Waals surface area contributed by atoms with E-state index in [-0.39, 0.29) is 12.6 Å². The van der Waals surface area contributed by atoms with Crippen LogP contribution in [0, 0.1) is 0 Å². The van der Waals surface area contributed by atoms with E-state index in [0.29, 0.717) is 0 Å². The van der Waals surface area contributed by atoms with Gasteiger partial charge in [0, 0.05) is 17.5 Å².